The van der Waals surface area contributed by atoms with E-state index in [1.54, 1.807) is 6.92 Å². The third-order valence-electron chi connectivity index (χ3n) is 4.24. The monoisotopic (exact) mass is 289 g/mol. The molecule has 114 valence electrons. The molecule has 0 unspecified atom stereocenters. The summed E-state index contributed by atoms with van der Waals surface area (Å²) in [7, 11) is 1.41. The van der Waals surface area contributed by atoms with E-state index in [1.165, 1.54) is 12.7 Å². The Bertz CT molecular complexity index is 505. The van der Waals surface area contributed by atoms with Gasteiger partial charge < -0.3 is 4.74 Å². The smallest absolute Gasteiger partial charge is 0.309 e. The first-order valence-corrected chi connectivity index (χ1v) is 7.46. The van der Waals surface area contributed by atoms with Crippen LogP contribution in [0.15, 0.2) is 24.3 Å². The van der Waals surface area contributed by atoms with Crippen LogP contribution in [0.4, 0.5) is 0 Å². The van der Waals surface area contributed by atoms with E-state index in [0.717, 1.165) is 38.0 Å². The van der Waals surface area contributed by atoms with Gasteiger partial charge in [-0.05, 0) is 44.0 Å². The molecule has 0 N–H and O–H groups in total. The molecule has 4 nitrogen and oxygen atoms in total. The van der Waals surface area contributed by atoms with Gasteiger partial charge in [0.05, 0.1) is 13.5 Å². The number of ketones is 1. The summed E-state index contributed by atoms with van der Waals surface area (Å²) < 4.78 is 4.75. The van der Waals surface area contributed by atoms with Gasteiger partial charge >= 0.3 is 5.97 Å². The number of hydrogen-bond donors (Lipinski definition) is 0. The summed E-state index contributed by atoms with van der Waals surface area (Å²) in [6, 6.07) is 7.99. The molecule has 21 heavy (non-hydrogen) atoms. The summed E-state index contributed by atoms with van der Waals surface area (Å²) in [5, 5.41) is 0. The summed E-state index contributed by atoms with van der Waals surface area (Å²) in [5.74, 6) is 0.324. The normalized spacial score (nSPS) is 16.7. The number of carbonyl (C=O) groups is 2. The molecule has 2 rings (SSSR count). The molecule has 0 radical (unpaired) electrons. The Balaban J connectivity index is 1.97. The molecule has 0 saturated carbocycles. The lowest BCUT2D eigenvalue weighted by Crippen LogP contribution is -2.35. The van der Waals surface area contributed by atoms with Crippen molar-refractivity contribution in [3.05, 3.63) is 35.4 Å². The topological polar surface area (TPSA) is 46.6 Å². The largest absolute Gasteiger partial charge is 0.469 e. The van der Waals surface area contributed by atoms with Crippen molar-refractivity contribution in [3.63, 3.8) is 0 Å². The third-order valence-corrected chi connectivity index (χ3v) is 4.24. The molecule has 0 atom stereocenters. The highest BCUT2D eigenvalue weighted by Crippen LogP contribution is 2.21. The molecule has 4 heteroatoms. The van der Waals surface area contributed by atoms with Crippen molar-refractivity contribution in [1.29, 1.82) is 0 Å². The fraction of sp³-hybridized carbons (Fsp3) is 0.529. The minimum absolute atomic E-state index is 0.210. The van der Waals surface area contributed by atoms with Crippen molar-refractivity contribution >= 4 is 11.8 Å². The molecule has 0 spiro atoms. The van der Waals surface area contributed by atoms with Gasteiger partial charge in [-0.25, -0.2) is 0 Å². The van der Waals surface area contributed by atoms with E-state index in [1.807, 2.05) is 18.2 Å². The van der Waals surface area contributed by atoms with E-state index in [4.69, 9.17) is 4.74 Å². The maximum atomic E-state index is 11.5. The van der Waals surface area contributed by atoms with Crippen LogP contribution in [0.1, 0.15) is 30.9 Å². The Kier molecular flexibility index (Phi) is 5.51. The molecular weight excluding hydrogens is 266 g/mol. The summed E-state index contributed by atoms with van der Waals surface area (Å²) in [4.78, 5) is 25.2. The van der Waals surface area contributed by atoms with Crippen LogP contribution in [0.5, 0.6) is 0 Å². The average molecular weight is 289 g/mol. The van der Waals surface area contributed by atoms with Gasteiger partial charge in [0.1, 0.15) is 5.78 Å². The SMILES string of the molecule is COC(=O)Cc1ccccc1CN1CCC(C(C)=O)CC1. The molecule has 1 aromatic rings. The first-order chi connectivity index (χ1) is 10.1. The minimum atomic E-state index is -0.210. The number of hydrogen-bond acceptors (Lipinski definition) is 4. The van der Waals surface area contributed by atoms with Crippen molar-refractivity contribution in [2.75, 3.05) is 20.2 Å². The summed E-state index contributed by atoms with van der Waals surface area (Å²) in [6.45, 7) is 4.40. The molecular formula is C17H23NO3. The van der Waals surface area contributed by atoms with Gasteiger partial charge in [0, 0.05) is 12.5 Å². The number of likely N-dealkylation sites (tertiary alicyclic amines) is 1. The van der Waals surface area contributed by atoms with Crippen LogP contribution in [0.25, 0.3) is 0 Å². The highest BCUT2D eigenvalue weighted by Gasteiger charge is 2.22. The fourth-order valence-corrected chi connectivity index (χ4v) is 2.85. The lowest BCUT2D eigenvalue weighted by atomic mass is 9.93. The van der Waals surface area contributed by atoms with E-state index in [-0.39, 0.29) is 11.9 Å². The zero-order chi connectivity index (χ0) is 15.2. The van der Waals surface area contributed by atoms with Crippen LogP contribution in [-0.2, 0) is 27.3 Å². The quantitative estimate of drug-likeness (QED) is 0.780. The third kappa shape index (κ3) is 4.39. The molecule has 1 heterocycles. The van der Waals surface area contributed by atoms with E-state index >= 15 is 0 Å². The second kappa shape index (κ2) is 7.36. The zero-order valence-electron chi connectivity index (χ0n) is 12.8. The Hall–Kier alpha value is -1.68. The van der Waals surface area contributed by atoms with Crippen molar-refractivity contribution in [3.8, 4) is 0 Å². The van der Waals surface area contributed by atoms with E-state index in [2.05, 4.69) is 11.0 Å². The Morgan fingerprint density at radius 3 is 2.38 bits per heavy atom. The maximum absolute atomic E-state index is 11.5. The van der Waals surface area contributed by atoms with Crippen LogP contribution >= 0.6 is 0 Å². The molecule has 0 bridgehead atoms. The molecule has 1 fully saturated rings. The predicted molar refractivity (Wildman–Crippen MR) is 80.8 cm³/mol. The number of rotatable bonds is 5. The van der Waals surface area contributed by atoms with Gasteiger partial charge in [0.15, 0.2) is 0 Å². The minimum Gasteiger partial charge on any atom is -0.469 e. The average Bonchev–Trinajstić information content (AvgIpc) is 2.49. The molecule has 0 amide bonds. The van der Waals surface area contributed by atoms with Crippen molar-refractivity contribution in [2.45, 2.75) is 32.7 Å². The van der Waals surface area contributed by atoms with Crippen LogP contribution in [0, 0.1) is 5.92 Å². The Morgan fingerprint density at radius 1 is 1.19 bits per heavy atom. The van der Waals surface area contributed by atoms with Gasteiger partial charge in [-0.2, -0.15) is 0 Å². The number of piperidine rings is 1. The zero-order valence-corrected chi connectivity index (χ0v) is 12.8. The predicted octanol–water partition coefficient (Wildman–Crippen LogP) is 2.20. The summed E-state index contributed by atoms with van der Waals surface area (Å²) >= 11 is 0. The van der Waals surface area contributed by atoms with Gasteiger partial charge in [-0.15, -0.1) is 0 Å². The number of Topliss-reactive ketones (excluding diaryl/α,β-unsaturated/α-hetero) is 1. The molecule has 1 saturated heterocycles. The van der Waals surface area contributed by atoms with Gasteiger partial charge in [0.2, 0.25) is 0 Å². The molecule has 0 aromatic heterocycles. The fourth-order valence-electron chi connectivity index (χ4n) is 2.85. The van der Waals surface area contributed by atoms with Gasteiger partial charge in [-0.1, -0.05) is 24.3 Å². The van der Waals surface area contributed by atoms with Crippen LogP contribution in [0.3, 0.4) is 0 Å². The number of ether oxygens (including phenoxy) is 1. The second-order valence-corrected chi connectivity index (χ2v) is 5.68. The molecule has 1 aromatic carbocycles. The Labute approximate surface area is 126 Å². The number of carbonyl (C=O) groups excluding carboxylic acids is 2. The van der Waals surface area contributed by atoms with Crippen LogP contribution < -0.4 is 0 Å². The highest BCUT2D eigenvalue weighted by molar-refractivity contribution is 5.78. The lowest BCUT2D eigenvalue weighted by molar-refractivity contribution is -0.139. The van der Waals surface area contributed by atoms with Crippen molar-refractivity contribution in [2.24, 2.45) is 5.92 Å². The maximum Gasteiger partial charge on any atom is 0.309 e. The first-order valence-electron chi connectivity index (χ1n) is 7.46. The summed E-state index contributed by atoms with van der Waals surface area (Å²) in [5.41, 5.74) is 2.20. The van der Waals surface area contributed by atoms with E-state index in [0.29, 0.717) is 12.2 Å². The van der Waals surface area contributed by atoms with Crippen LogP contribution in [-0.4, -0.2) is 36.9 Å². The van der Waals surface area contributed by atoms with Crippen molar-refractivity contribution < 1.29 is 14.3 Å². The first kappa shape index (κ1) is 15.7. The van der Waals surface area contributed by atoms with E-state index < -0.39 is 0 Å². The number of benzene rings is 1. The Morgan fingerprint density at radius 2 is 1.81 bits per heavy atom. The molecule has 0 aliphatic carbocycles. The van der Waals surface area contributed by atoms with Crippen molar-refractivity contribution in [1.82, 2.24) is 4.90 Å². The van der Waals surface area contributed by atoms with E-state index in [9.17, 15) is 9.59 Å². The molecule has 1 aliphatic heterocycles. The standard InChI is InChI=1S/C17H23NO3/c1-13(19)14-7-9-18(10-8-14)12-16-6-4-3-5-15(16)11-17(20)21-2/h3-6,14H,7-12H2,1-2H3. The number of esters is 1. The van der Waals surface area contributed by atoms with Gasteiger partial charge in [-0.3, -0.25) is 14.5 Å². The molecule has 1 aliphatic rings. The van der Waals surface area contributed by atoms with Gasteiger partial charge in [0.25, 0.3) is 0 Å². The van der Waals surface area contributed by atoms with Crippen LogP contribution in [0.2, 0.25) is 0 Å². The lowest BCUT2D eigenvalue weighted by Gasteiger charge is -2.31. The number of nitrogens with zero attached hydrogens (tertiary/aromatic N) is 1. The number of methoxy groups -OCH3 is 1. The summed E-state index contributed by atoms with van der Waals surface area (Å²) in [6.07, 6.45) is 2.19. The second-order valence-electron chi connectivity index (χ2n) is 5.68. The highest BCUT2D eigenvalue weighted by atomic mass is 16.5.